The molecule has 1 unspecified atom stereocenters. The van der Waals surface area contributed by atoms with Crippen molar-refractivity contribution in [2.45, 2.75) is 64.8 Å². The second-order valence-electron chi connectivity index (χ2n) is 5.67. The van der Waals surface area contributed by atoms with Gasteiger partial charge in [-0.05, 0) is 19.3 Å². The maximum absolute atomic E-state index is 6.17. The quantitative estimate of drug-likeness (QED) is 0.769. The van der Waals surface area contributed by atoms with Crippen molar-refractivity contribution in [1.82, 2.24) is 9.97 Å². The van der Waals surface area contributed by atoms with Crippen LogP contribution in [0.4, 0.5) is 5.82 Å². The van der Waals surface area contributed by atoms with E-state index in [2.05, 4.69) is 30.7 Å². The van der Waals surface area contributed by atoms with Crippen LogP contribution in [0.15, 0.2) is 6.07 Å². The molecule has 1 atom stereocenters. The van der Waals surface area contributed by atoms with E-state index in [0.717, 1.165) is 18.2 Å². The molecule has 1 aromatic heterocycles. The van der Waals surface area contributed by atoms with E-state index >= 15 is 0 Å². The highest BCUT2D eigenvalue weighted by Gasteiger charge is 2.22. The Hall–Kier alpha value is -0.830. The van der Waals surface area contributed by atoms with Crippen LogP contribution in [0.3, 0.4) is 0 Å². The molecule has 0 radical (unpaired) electrons. The summed E-state index contributed by atoms with van der Waals surface area (Å²) >= 11 is 6.17. The van der Waals surface area contributed by atoms with Crippen LogP contribution in [-0.2, 0) is 0 Å². The predicted molar refractivity (Wildman–Crippen MR) is 81.0 cm³/mol. The lowest BCUT2D eigenvalue weighted by Crippen LogP contribution is -2.35. The molecule has 1 aromatic rings. The van der Waals surface area contributed by atoms with Gasteiger partial charge >= 0.3 is 0 Å². The summed E-state index contributed by atoms with van der Waals surface area (Å²) in [4.78, 5) is 11.5. The van der Waals surface area contributed by atoms with E-state index in [1.807, 2.05) is 6.07 Å². The highest BCUT2D eigenvalue weighted by Crippen LogP contribution is 2.27. The Labute approximate surface area is 121 Å². The van der Waals surface area contributed by atoms with Gasteiger partial charge < -0.3 is 4.90 Å². The second kappa shape index (κ2) is 6.56. The van der Waals surface area contributed by atoms with Crippen LogP contribution in [0.2, 0.25) is 5.15 Å². The summed E-state index contributed by atoms with van der Waals surface area (Å²) in [6.45, 7) is 7.56. The van der Waals surface area contributed by atoms with Gasteiger partial charge in [-0.3, -0.25) is 0 Å². The van der Waals surface area contributed by atoms with E-state index in [-0.39, 0.29) is 0 Å². The Morgan fingerprint density at radius 1 is 1.32 bits per heavy atom. The van der Waals surface area contributed by atoms with Crippen LogP contribution in [0.5, 0.6) is 0 Å². The monoisotopic (exact) mass is 281 g/mol. The van der Waals surface area contributed by atoms with Gasteiger partial charge in [-0.2, -0.15) is 0 Å². The largest absolute Gasteiger partial charge is 0.353 e. The highest BCUT2D eigenvalue weighted by atomic mass is 35.5. The molecule has 0 spiro atoms. The average Bonchev–Trinajstić information content (AvgIpc) is 2.62. The molecule has 4 heteroatoms. The lowest BCUT2D eigenvalue weighted by atomic mass is 10.1. The molecule has 0 amide bonds. The minimum Gasteiger partial charge on any atom is -0.353 e. The van der Waals surface area contributed by atoms with Gasteiger partial charge in [0.25, 0.3) is 0 Å². The van der Waals surface area contributed by atoms with E-state index in [1.165, 1.54) is 32.1 Å². The highest BCUT2D eigenvalue weighted by molar-refractivity contribution is 6.29. The van der Waals surface area contributed by atoms with Crippen molar-refractivity contribution >= 4 is 17.4 Å². The smallest absolute Gasteiger partial charge is 0.135 e. The van der Waals surface area contributed by atoms with E-state index < -0.39 is 0 Å². The first-order valence-electron chi connectivity index (χ1n) is 7.43. The van der Waals surface area contributed by atoms with Crippen LogP contribution in [-0.4, -0.2) is 22.6 Å². The fraction of sp³-hybridized carbons (Fsp3) is 0.733. The number of hydrogen-bond acceptors (Lipinski definition) is 3. The average molecular weight is 282 g/mol. The Morgan fingerprint density at radius 3 is 2.79 bits per heavy atom. The number of nitrogens with zero attached hydrogens (tertiary/aromatic N) is 3. The summed E-state index contributed by atoms with van der Waals surface area (Å²) in [5, 5.41) is 0.563. The zero-order chi connectivity index (χ0) is 13.8. The molecular formula is C15H24ClN3. The molecule has 0 saturated carbocycles. The molecule has 2 rings (SSSR count). The van der Waals surface area contributed by atoms with Crippen molar-refractivity contribution in [3.63, 3.8) is 0 Å². The van der Waals surface area contributed by atoms with E-state index in [9.17, 15) is 0 Å². The number of halogens is 1. The molecule has 0 N–H and O–H groups in total. The Morgan fingerprint density at radius 2 is 2.11 bits per heavy atom. The molecule has 1 aliphatic rings. The second-order valence-corrected chi connectivity index (χ2v) is 6.05. The third-order valence-corrected chi connectivity index (χ3v) is 4.05. The lowest BCUT2D eigenvalue weighted by Gasteiger charge is -2.30. The molecule has 1 aliphatic heterocycles. The molecule has 19 heavy (non-hydrogen) atoms. The summed E-state index contributed by atoms with van der Waals surface area (Å²) in [7, 11) is 0. The zero-order valence-corrected chi connectivity index (χ0v) is 13.0. The first kappa shape index (κ1) is 14.6. The van der Waals surface area contributed by atoms with Gasteiger partial charge in [-0.25, -0.2) is 9.97 Å². The van der Waals surface area contributed by atoms with Crippen LogP contribution < -0.4 is 4.90 Å². The standard InChI is InChI=1S/C15H24ClN3/c1-4-12-8-6-5-7-9-19(12)14-10-13(16)17-15(18-14)11(2)3/h10-12H,4-9H2,1-3H3. The summed E-state index contributed by atoms with van der Waals surface area (Å²) in [5.41, 5.74) is 0. The summed E-state index contributed by atoms with van der Waals surface area (Å²) in [5.74, 6) is 2.17. The normalized spacial score (nSPS) is 20.7. The van der Waals surface area contributed by atoms with Crippen LogP contribution in [0, 0.1) is 0 Å². The third-order valence-electron chi connectivity index (χ3n) is 3.86. The summed E-state index contributed by atoms with van der Waals surface area (Å²) in [6.07, 6.45) is 6.32. The topological polar surface area (TPSA) is 29.0 Å². The van der Waals surface area contributed by atoms with Gasteiger partial charge in [0.1, 0.15) is 16.8 Å². The number of aromatic nitrogens is 2. The van der Waals surface area contributed by atoms with Crippen molar-refractivity contribution in [2.24, 2.45) is 0 Å². The molecule has 2 heterocycles. The molecule has 1 saturated heterocycles. The SMILES string of the molecule is CCC1CCCCCN1c1cc(Cl)nc(C(C)C)n1. The van der Waals surface area contributed by atoms with Crippen molar-refractivity contribution in [3.05, 3.63) is 17.0 Å². The first-order valence-corrected chi connectivity index (χ1v) is 7.80. The zero-order valence-electron chi connectivity index (χ0n) is 12.2. The van der Waals surface area contributed by atoms with Gasteiger partial charge in [0.15, 0.2) is 0 Å². The van der Waals surface area contributed by atoms with E-state index in [0.29, 0.717) is 17.1 Å². The number of hydrogen-bond donors (Lipinski definition) is 0. The fourth-order valence-electron chi connectivity index (χ4n) is 2.73. The van der Waals surface area contributed by atoms with Crippen molar-refractivity contribution in [2.75, 3.05) is 11.4 Å². The molecule has 0 aliphatic carbocycles. The molecular weight excluding hydrogens is 258 g/mol. The Balaban J connectivity index is 2.32. The summed E-state index contributed by atoms with van der Waals surface area (Å²) < 4.78 is 0. The predicted octanol–water partition coefficient (Wildman–Crippen LogP) is 4.41. The number of anilines is 1. The molecule has 1 fully saturated rings. The van der Waals surface area contributed by atoms with E-state index in [4.69, 9.17) is 16.6 Å². The van der Waals surface area contributed by atoms with Gasteiger partial charge in [0.2, 0.25) is 0 Å². The molecule has 3 nitrogen and oxygen atoms in total. The van der Waals surface area contributed by atoms with Gasteiger partial charge in [-0.15, -0.1) is 0 Å². The minimum atomic E-state index is 0.310. The van der Waals surface area contributed by atoms with Gasteiger partial charge in [-0.1, -0.05) is 45.2 Å². The number of rotatable bonds is 3. The Kier molecular flexibility index (Phi) is 5.03. The third kappa shape index (κ3) is 3.59. The minimum absolute atomic E-state index is 0.310. The van der Waals surface area contributed by atoms with Crippen molar-refractivity contribution in [1.29, 1.82) is 0 Å². The fourth-order valence-corrected chi connectivity index (χ4v) is 2.92. The van der Waals surface area contributed by atoms with Crippen molar-refractivity contribution < 1.29 is 0 Å². The summed E-state index contributed by atoms with van der Waals surface area (Å²) in [6, 6.07) is 2.51. The van der Waals surface area contributed by atoms with Crippen molar-refractivity contribution in [3.8, 4) is 0 Å². The Bertz CT molecular complexity index is 420. The lowest BCUT2D eigenvalue weighted by molar-refractivity contribution is 0.550. The molecule has 0 bridgehead atoms. The maximum Gasteiger partial charge on any atom is 0.135 e. The molecule has 106 valence electrons. The first-order chi connectivity index (χ1) is 9.11. The van der Waals surface area contributed by atoms with E-state index in [1.54, 1.807) is 0 Å². The van der Waals surface area contributed by atoms with Gasteiger partial charge in [0.05, 0.1) is 0 Å². The van der Waals surface area contributed by atoms with Crippen LogP contribution in [0.1, 0.15) is 64.6 Å². The van der Waals surface area contributed by atoms with Crippen LogP contribution >= 0.6 is 11.6 Å². The van der Waals surface area contributed by atoms with Gasteiger partial charge in [0, 0.05) is 24.6 Å². The van der Waals surface area contributed by atoms with Crippen LogP contribution in [0.25, 0.3) is 0 Å². The maximum atomic E-state index is 6.17. The molecule has 0 aromatic carbocycles.